The van der Waals surface area contributed by atoms with Crippen LogP contribution in [0.3, 0.4) is 0 Å². The van der Waals surface area contributed by atoms with Gasteiger partial charge in [0.2, 0.25) is 11.9 Å². The monoisotopic (exact) mass is 570 g/mol. The van der Waals surface area contributed by atoms with E-state index in [1.807, 2.05) is 0 Å². The fourth-order valence-corrected chi connectivity index (χ4v) is 4.36. The zero-order valence-corrected chi connectivity index (χ0v) is 22.7. The van der Waals surface area contributed by atoms with Crippen LogP contribution in [0, 0.1) is 5.82 Å². The Balaban J connectivity index is 1.52. The molecule has 6 N–H and O–H groups in total. The predicted octanol–water partition coefficient (Wildman–Crippen LogP) is 1.92. The number of aliphatic hydroxyl groups excluding tert-OH is 1. The van der Waals surface area contributed by atoms with E-state index in [1.165, 1.54) is 48.8 Å². The highest BCUT2D eigenvalue weighted by Gasteiger charge is 2.36. The molecule has 12 nitrogen and oxygen atoms in total. The van der Waals surface area contributed by atoms with Crippen molar-refractivity contribution in [2.75, 3.05) is 26.1 Å². The van der Waals surface area contributed by atoms with E-state index in [0.717, 1.165) is 0 Å². The second-order valence-electron chi connectivity index (χ2n) is 8.90. The summed E-state index contributed by atoms with van der Waals surface area (Å²) >= 11 is 6.34. The summed E-state index contributed by atoms with van der Waals surface area (Å²) < 4.78 is 19.1. The molecule has 0 bridgehead atoms. The first kappa shape index (κ1) is 28.5. The molecule has 0 radical (unpaired) electrons. The number of nitrogens with one attached hydrogen (secondary N) is 3. The molecule has 0 saturated carbocycles. The largest absolute Gasteiger partial charge is 0.497 e. The molecule has 210 valence electrons. The van der Waals surface area contributed by atoms with Gasteiger partial charge >= 0.3 is 0 Å². The van der Waals surface area contributed by atoms with Crippen LogP contribution >= 0.6 is 11.6 Å². The number of anilines is 1. The molecule has 1 aromatic carbocycles. The fraction of sp³-hybridized carbons (Fsp3) is 0.269. The van der Waals surface area contributed by atoms with Gasteiger partial charge in [0.1, 0.15) is 23.4 Å². The quantitative estimate of drug-likeness (QED) is 0.243. The van der Waals surface area contributed by atoms with Crippen molar-refractivity contribution in [1.29, 1.82) is 0 Å². The predicted molar refractivity (Wildman–Crippen MR) is 145 cm³/mol. The SMILES string of the molecule is CN/C=C(\N)Nc1ncc(Cl)c(-c2cnc3c(c2)C(=O)N([C@H](C)C(=O)N[C@H](CO)c2cc(F)cc(OC)c2)C3)n1. The summed E-state index contributed by atoms with van der Waals surface area (Å²) in [5.41, 5.74) is 7.74. The molecule has 2 atom stereocenters. The van der Waals surface area contributed by atoms with E-state index in [0.29, 0.717) is 28.1 Å². The Labute approximate surface area is 234 Å². The number of rotatable bonds is 10. The normalized spacial score (nSPS) is 14.4. The summed E-state index contributed by atoms with van der Waals surface area (Å²) in [7, 11) is 3.08. The second-order valence-corrected chi connectivity index (χ2v) is 9.31. The van der Waals surface area contributed by atoms with Crippen LogP contribution in [0.1, 0.15) is 34.6 Å². The van der Waals surface area contributed by atoms with Crippen LogP contribution < -0.4 is 26.4 Å². The molecule has 0 spiro atoms. The highest BCUT2D eigenvalue weighted by Crippen LogP contribution is 2.31. The molecule has 0 saturated heterocycles. The van der Waals surface area contributed by atoms with Crippen molar-refractivity contribution in [1.82, 2.24) is 30.5 Å². The molecular formula is C26H28ClFN8O4. The molecule has 2 amide bonds. The average Bonchev–Trinajstić information content (AvgIpc) is 3.27. The lowest BCUT2D eigenvalue weighted by Crippen LogP contribution is -2.46. The van der Waals surface area contributed by atoms with E-state index in [1.54, 1.807) is 20.0 Å². The summed E-state index contributed by atoms with van der Waals surface area (Å²) in [6.45, 7) is 1.16. The van der Waals surface area contributed by atoms with Gasteiger partial charge in [-0.15, -0.1) is 0 Å². The van der Waals surface area contributed by atoms with Crippen LogP contribution in [0.25, 0.3) is 11.3 Å². The number of carbonyl (C=O) groups is 2. The molecule has 3 aromatic rings. The maximum atomic E-state index is 14.0. The van der Waals surface area contributed by atoms with Crippen molar-refractivity contribution >= 4 is 29.4 Å². The first-order valence-electron chi connectivity index (χ1n) is 12.1. The Morgan fingerprint density at radius 3 is 2.77 bits per heavy atom. The number of aromatic nitrogens is 3. The van der Waals surface area contributed by atoms with Gasteiger partial charge in [-0.25, -0.2) is 14.4 Å². The molecule has 4 rings (SSSR count). The number of hydrogen-bond acceptors (Lipinski definition) is 10. The third kappa shape index (κ3) is 6.05. The van der Waals surface area contributed by atoms with Crippen LogP contribution in [-0.4, -0.2) is 63.6 Å². The number of carbonyl (C=O) groups excluding carboxylic acids is 2. The van der Waals surface area contributed by atoms with Gasteiger partial charge in [0.25, 0.3) is 5.91 Å². The van der Waals surface area contributed by atoms with Crippen molar-refractivity contribution in [3.05, 3.63) is 76.3 Å². The molecule has 14 heteroatoms. The van der Waals surface area contributed by atoms with Gasteiger partial charge < -0.3 is 36.4 Å². The Morgan fingerprint density at radius 1 is 1.30 bits per heavy atom. The number of aliphatic hydroxyl groups is 1. The minimum Gasteiger partial charge on any atom is -0.497 e. The van der Waals surface area contributed by atoms with Crippen LogP contribution in [0.5, 0.6) is 5.75 Å². The molecule has 0 unspecified atom stereocenters. The number of nitrogens with two attached hydrogens (primary N) is 1. The van der Waals surface area contributed by atoms with Gasteiger partial charge in [0, 0.05) is 31.1 Å². The summed E-state index contributed by atoms with van der Waals surface area (Å²) in [4.78, 5) is 40.7. The highest BCUT2D eigenvalue weighted by atomic mass is 35.5. The summed E-state index contributed by atoms with van der Waals surface area (Å²) in [6, 6.07) is 3.67. The number of benzene rings is 1. The maximum absolute atomic E-state index is 14.0. The van der Waals surface area contributed by atoms with Crippen molar-refractivity contribution in [2.45, 2.75) is 25.6 Å². The van der Waals surface area contributed by atoms with Crippen LogP contribution in [0.2, 0.25) is 5.02 Å². The Morgan fingerprint density at radius 2 is 2.08 bits per heavy atom. The summed E-state index contributed by atoms with van der Waals surface area (Å²) in [5, 5.41) is 18.4. The third-order valence-electron chi connectivity index (χ3n) is 6.23. The average molecular weight is 571 g/mol. The van der Waals surface area contributed by atoms with Gasteiger partial charge in [-0.05, 0) is 30.7 Å². The van der Waals surface area contributed by atoms with Crippen molar-refractivity contribution in [2.24, 2.45) is 5.73 Å². The molecule has 2 aromatic heterocycles. The Hall–Kier alpha value is -4.49. The van der Waals surface area contributed by atoms with Crippen LogP contribution in [0.15, 0.2) is 48.7 Å². The van der Waals surface area contributed by atoms with Gasteiger partial charge in [0.05, 0.1) is 54.5 Å². The number of amides is 2. The van der Waals surface area contributed by atoms with E-state index in [-0.39, 0.29) is 29.1 Å². The zero-order valence-electron chi connectivity index (χ0n) is 21.9. The van der Waals surface area contributed by atoms with Crippen molar-refractivity contribution < 1.29 is 23.8 Å². The smallest absolute Gasteiger partial charge is 0.256 e. The van der Waals surface area contributed by atoms with Crippen molar-refractivity contribution in [3.8, 4) is 17.0 Å². The van der Waals surface area contributed by atoms with E-state index in [9.17, 15) is 19.1 Å². The molecule has 0 fully saturated rings. The van der Waals surface area contributed by atoms with Gasteiger partial charge in [0.15, 0.2) is 0 Å². The van der Waals surface area contributed by atoms with Gasteiger partial charge in [-0.3, -0.25) is 14.6 Å². The van der Waals surface area contributed by atoms with E-state index in [2.05, 4.69) is 30.9 Å². The minimum absolute atomic E-state index is 0.0935. The Bertz CT molecular complexity index is 1470. The second kappa shape index (κ2) is 12.1. The molecule has 1 aliphatic rings. The first-order chi connectivity index (χ1) is 19.1. The summed E-state index contributed by atoms with van der Waals surface area (Å²) in [6.07, 6.45) is 4.46. The lowest BCUT2D eigenvalue weighted by molar-refractivity contribution is -0.126. The number of methoxy groups -OCH3 is 1. The van der Waals surface area contributed by atoms with Gasteiger partial charge in [-0.1, -0.05) is 11.6 Å². The number of ether oxygens (including phenoxy) is 1. The molecule has 0 aliphatic carbocycles. The van der Waals surface area contributed by atoms with E-state index in [4.69, 9.17) is 22.1 Å². The molecule has 3 heterocycles. The topological polar surface area (TPSA) is 168 Å². The maximum Gasteiger partial charge on any atom is 0.256 e. The molecular weight excluding hydrogens is 543 g/mol. The lowest BCUT2D eigenvalue weighted by Gasteiger charge is -2.26. The Kier molecular flexibility index (Phi) is 8.65. The van der Waals surface area contributed by atoms with E-state index >= 15 is 0 Å². The summed E-state index contributed by atoms with van der Waals surface area (Å²) in [5.74, 6) is -0.813. The number of halogens is 2. The number of hydrogen-bond donors (Lipinski definition) is 5. The highest BCUT2D eigenvalue weighted by molar-refractivity contribution is 6.33. The molecule has 40 heavy (non-hydrogen) atoms. The first-order valence-corrected chi connectivity index (χ1v) is 12.5. The number of pyridine rings is 1. The molecule has 1 aliphatic heterocycles. The van der Waals surface area contributed by atoms with Crippen LogP contribution in [-0.2, 0) is 11.3 Å². The number of nitrogens with zero attached hydrogens (tertiary/aromatic N) is 4. The van der Waals surface area contributed by atoms with E-state index < -0.39 is 36.3 Å². The zero-order chi connectivity index (χ0) is 29.0. The fourth-order valence-electron chi connectivity index (χ4n) is 4.16. The van der Waals surface area contributed by atoms with Crippen LogP contribution in [0.4, 0.5) is 10.3 Å². The lowest BCUT2D eigenvalue weighted by atomic mass is 10.1. The number of fused-ring (bicyclic) bond motifs is 1. The van der Waals surface area contributed by atoms with Gasteiger partial charge in [-0.2, -0.15) is 0 Å². The third-order valence-corrected chi connectivity index (χ3v) is 6.51. The standard InChI is InChI=1S/C26H28ClFN8O4/c1-13(24(38)33-21(12-37)14-4-16(28)7-17(5-14)40-3)36-11-20-18(25(36)39)6-15(8-31-20)23-19(27)9-32-26(35-23)34-22(29)10-30-2/h4-10,13,21,30,37H,11-12,29H2,1-3H3,(H,33,38)(H,32,34,35)/b22-10+/t13-,21-/m1/s1. The van der Waals surface area contributed by atoms with Crippen molar-refractivity contribution in [3.63, 3.8) is 0 Å². The minimum atomic E-state index is -0.921.